The van der Waals surface area contributed by atoms with Gasteiger partial charge in [-0.2, -0.15) is 0 Å². The molecule has 0 bridgehead atoms. The van der Waals surface area contributed by atoms with Gasteiger partial charge in [0.1, 0.15) is 11.6 Å². The molecule has 1 unspecified atom stereocenters. The standard InChI is InChI=1S/C20H24ClFN4O2/c1-25(2)18(14-3-5-16(22)6-4-14)13-24-19-17(21)11-15(12-23-19)20(27)26-7-9-28-10-8-26/h3-6,11-12,18H,7-10,13H2,1-2H3,(H,23,24). The van der Waals surface area contributed by atoms with Crippen molar-refractivity contribution in [2.75, 3.05) is 52.3 Å². The third-order valence-corrected chi connectivity index (χ3v) is 5.02. The summed E-state index contributed by atoms with van der Waals surface area (Å²) in [6.45, 7) is 2.75. The molecular weight excluding hydrogens is 383 g/mol. The summed E-state index contributed by atoms with van der Waals surface area (Å²) in [4.78, 5) is 20.6. The third kappa shape index (κ3) is 4.98. The van der Waals surface area contributed by atoms with Gasteiger partial charge in [-0.05, 0) is 37.9 Å². The predicted molar refractivity (Wildman–Crippen MR) is 107 cm³/mol. The molecule has 1 N–H and O–H groups in total. The summed E-state index contributed by atoms with van der Waals surface area (Å²) in [5.74, 6) is 0.148. The molecular formula is C20H24ClFN4O2. The number of hydrogen-bond donors (Lipinski definition) is 1. The largest absolute Gasteiger partial charge is 0.378 e. The quantitative estimate of drug-likeness (QED) is 0.799. The molecule has 0 saturated carbocycles. The fourth-order valence-electron chi connectivity index (χ4n) is 3.11. The van der Waals surface area contributed by atoms with Crippen LogP contribution in [0.1, 0.15) is 22.0 Å². The Balaban J connectivity index is 1.68. The van der Waals surface area contributed by atoms with Crippen molar-refractivity contribution in [3.63, 3.8) is 0 Å². The Bertz CT molecular complexity index is 810. The molecule has 1 aromatic carbocycles. The smallest absolute Gasteiger partial charge is 0.255 e. The summed E-state index contributed by atoms with van der Waals surface area (Å²) in [6.07, 6.45) is 1.54. The van der Waals surface area contributed by atoms with E-state index in [1.165, 1.54) is 18.3 Å². The minimum atomic E-state index is -0.264. The van der Waals surface area contributed by atoms with Crippen LogP contribution in [0.25, 0.3) is 0 Å². The predicted octanol–water partition coefficient (Wildman–Crippen LogP) is 3.06. The second kappa shape index (κ2) is 9.32. The first-order valence-corrected chi connectivity index (χ1v) is 9.52. The summed E-state index contributed by atoms with van der Waals surface area (Å²) in [7, 11) is 3.91. The van der Waals surface area contributed by atoms with Gasteiger partial charge in [-0.15, -0.1) is 0 Å². The van der Waals surface area contributed by atoms with Crippen molar-refractivity contribution in [2.24, 2.45) is 0 Å². The molecule has 150 valence electrons. The van der Waals surface area contributed by atoms with Gasteiger partial charge in [0.15, 0.2) is 0 Å². The lowest BCUT2D eigenvalue weighted by Crippen LogP contribution is -2.40. The van der Waals surface area contributed by atoms with E-state index in [1.54, 1.807) is 23.1 Å². The highest BCUT2D eigenvalue weighted by atomic mass is 35.5. The van der Waals surface area contributed by atoms with Gasteiger partial charge in [-0.3, -0.25) is 4.79 Å². The molecule has 0 radical (unpaired) electrons. The van der Waals surface area contributed by atoms with Crippen molar-refractivity contribution < 1.29 is 13.9 Å². The second-order valence-electron chi connectivity index (χ2n) is 6.87. The van der Waals surface area contributed by atoms with Crippen molar-refractivity contribution in [3.05, 3.63) is 58.5 Å². The minimum Gasteiger partial charge on any atom is -0.378 e. The average molecular weight is 407 g/mol. The average Bonchev–Trinajstić information content (AvgIpc) is 2.70. The number of rotatable bonds is 6. The molecule has 1 amide bonds. The van der Waals surface area contributed by atoms with Crippen molar-refractivity contribution in [1.29, 1.82) is 0 Å². The Kier molecular flexibility index (Phi) is 6.83. The van der Waals surface area contributed by atoms with E-state index in [1.807, 2.05) is 19.0 Å². The molecule has 2 aromatic rings. The van der Waals surface area contributed by atoms with Crippen molar-refractivity contribution in [1.82, 2.24) is 14.8 Å². The topological polar surface area (TPSA) is 57.7 Å². The van der Waals surface area contributed by atoms with E-state index in [2.05, 4.69) is 10.3 Å². The maximum Gasteiger partial charge on any atom is 0.255 e. The molecule has 8 heteroatoms. The van der Waals surface area contributed by atoms with E-state index in [0.29, 0.717) is 49.3 Å². The monoisotopic (exact) mass is 406 g/mol. The Morgan fingerprint density at radius 1 is 1.32 bits per heavy atom. The van der Waals surface area contributed by atoms with Crippen LogP contribution in [-0.4, -0.2) is 67.6 Å². The zero-order chi connectivity index (χ0) is 20.1. The van der Waals surface area contributed by atoms with Gasteiger partial charge < -0.3 is 19.9 Å². The number of pyridine rings is 1. The number of morpholine rings is 1. The summed E-state index contributed by atoms with van der Waals surface area (Å²) >= 11 is 6.36. The Labute approximate surface area is 169 Å². The number of amides is 1. The summed E-state index contributed by atoms with van der Waals surface area (Å²) < 4.78 is 18.5. The van der Waals surface area contributed by atoms with Crippen LogP contribution >= 0.6 is 11.6 Å². The van der Waals surface area contributed by atoms with Crippen LogP contribution in [0.3, 0.4) is 0 Å². The lowest BCUT2D eigenvalue weighted by molar-refractivity contribution is 0.0302. The first kappa shape index (κ1) is 20.5. The van der Waals surface area contributed by atoms with E-state index < -0.39 is 0 Å². The van der Waals surface area contributed by atoms with Gasteiger partial charge in [-0.25, -0.2) is 9.37 Å². The zero-order valence-electron chi connectivity index (χ0n) is 16.0. The van der Waals surface area contributed by atoms with E-state index in [4.69, 9.17) is 16.3 Å². The molecule has 1 aliphatic heterocycles. The molecule has 2 heterocycles. The van der Waals surface area contributed by atoms with Crippen LogP contribution in [-0.2, 0) is 4.74 Å². The number of anilines is 1. The van der Waals surface area contributed by atoms with Gasteiger partial charge in [0.2, 0.25) is 0 Å². The van der Waals surface area contributed by atoms with Crippen LogP contribution in [0.4, 0.5) is 10.2 Å². The fraction of sp³-hybridized carbons (Fsp3) is 0.400. The minimum absolute atomic E-state index is 0.00752. The lowest BCUT2D eigenvalue weighted by Gasteiger charge is -2.27. The number of carbonyl (C=O) groups excluding carboxylic acids is 1. The Hall–Kier alpha value is -2.22. The van der Waals surface area contributed by atoms with Gasteiger partial charge in [0, 0.05) is 25.8 Å². The number of hydrogen-bond acceptors (Lipinski definition) is 5. The lowest BCUT2D eigenvalue weighted by atomic mass is 10.1. The molecule has 1 aliphatic rings. The molecule has 0 aliphatic carbocycles. The van der Waals surface area contributed by atoms with Crippen molar-refractivity contribution in [3.8, 4) is 0 Å². The molecule has 1 atom stereocenters. The summed E-state index contributed by atoms with van der Waals surface area (Å²) in [5.41, 5.74) is 1.44. The number of nitrogens with one attached hydrogen (secondary N) is 1. The maximum atomic E-state index is 13.2. The van der Waals surface area contributed by atoms with Crippen LogP contribution < -0.4 is 5.32 Å². The number of benzene rings is 1. The van der Waals surface area contributed by atoms with Crippen LogP contribution in [0.2, 0.25) is 5.02 Å². The summed E-state index contributed by atoms with van der Waals surface area (Å²) in [6, 6.07) is 8.07. The van der Waals surface area contributed by atoms with Gasteiger partial charge >= 0.3 is 0 Å². The van der Waals surface area contributed by atoms with E-state index >= 15 is 0 Å². The molecule has 1 fully saturated rings. The Morgan fingerprint density at radius 2 is 2.00 bits per heavy atom. The normalized spacial score (nSPS) is 15.5. The highest BCUT2D eigenvalue weighted by Gasteiger charge is 2.20. The maximum absolute atomic E-state index is 13.2. The first-order chi connectivity index (χ1) is 13.5. The van der Waals surface area contributed by atoms with Crippen LogP contribution in [0, 0.1) is 5.82 Å². The summed E-state index contributed by atoms with van der Waals surface area (Å²) in [5, 5.41) is 3.61. The molecule has 1 aromatic heterocycles. The van der Waals surface area contributed by atoms with Crippen LogP contribution in [0.5, 0.6) is 0 Å². The van der Waals surface area contributed by atoms with E-state index in [0.717, 1.165) is 5.56 Å². The second-order valence-corrected chi connectivity index (χ2v) is 7.28. The number of nitrogens with zero attached hydrogens (tertiary/aromatic N) is 3. The van der Waals surface area contributed by atoms with Gasteiger partial charge in [0.05, 0.1) is 29.8 Å². The fourth-order valence-corrected chi connectivity index (χ4v) is 3.34. The number of carbonyl (C=O) groups is 1. The Morgan fingerprint density at radius 3 is 2.61 bits per heavy atom. The van der Waals surface area contributed by atoms with Gasteiger partial charge in [-0.1, -0.05) is 23.7 Å². The highest BCUT2D eigenvalue weighted by Crippen LogP contribution is 2.24. The molecule has 28 heavy (non-hydrogen) atoms. The van der Waals surface area contributed by atoms with Crippen LogP contribution in [0.15, 0.2) is 36.5 Å². The number of ether oxygens (including phenoxy) is 1. The van der Waals surface area contributed by atoms with Gasteiger partial charge in [0.25, 0.3) is 5.91 Å². The number of aromatic nitrogens is 1. The third-order valence-electron chi connectivity index (χ3n) is 4.73. The highest BCUT2D eigenvalue weighted by molar-refractivity contribution is 6.33. The first-order valence-electron chi connectivity index (χ1n) is 9.14. The molecule has 3 rings (SSSR count). The molecule has 1 saturated heterocycles. The van der Waals surface area contributed by atoms with Crippen molar-refractivity contribution >= 4 is 23.3 Å². The van der Waals surface area contributed by atoms with E-state index in [9.17, 15) is 9.18 Å². The SMILES string of the molecule is CN(C)C(CNc1ncc(C(=O)N2CCOCC2)cc1Cl)c1ccc(F)cc1. The van der Waals surface area contributed by atoms with Crippen molar-refractivity contribution in [2.45, 2.75) is 6.04 Å². The molecule has 0 spiro atoms. The zero-order valence-corrected chi connectivity index (χ0v) is 16.7. The number of likely N-dealkylation sites (N-methyl/N-ethyl adjacent to an activating group) is 1. The van der Waals surface area contributed by atoms with E-state index in [-0.39, 0.29) is 17.8 Å². The molecule has 6 nitrogen and oxygen atoms in total. The number of halogens is 2.